The molecule has 0 radical (unpaired) electrons. The number of nitrogens with zero attached hydrogens (tertiary/aromatic N) is 1. The molecular weight excluding hydrogens is 380 g/mol. The van der Waals surface area contributed by atoms with Gasteiger partial charge < -0.3 is 14.6 Å². The van der Waals surface area contributed by atoms with Crippen LogP contribution >= 0.6 is 0 Å². The van der Waals surface area contributed by atoms with Crippen LogP contribution < -0.4 is 5.32 Å². The zero-order valence-corrected chi connectivity index (χ0v) is 17.4. The lowest BCUT2D eigenvalue weighted by atomic mass is 10.1. The minimum absolute atomic E-state index is 0.0978. The van der Waals surface area contributed by atoms with Crippen molar-refractivity contribution in [3.8, 4) is 5.69 Å². The number of aromatic nitrogens is 1. The maximum absolute atomic E-state index is 12.7. The molecule has 1 amide bonds. The summed E-state index contributed by atoms with van der Waals surface area (Å²) in [6.07, 6.45) is -1.00. The Labute approximate surface area is 175 Å². The number of hydrogen-bond acceptors (Lipinski definition) is 4. The number of rotatable bonds is 6. The highest BCUT2D eigenvalue weighted by molar-refractivity contribution is 5.99. The van der Waals surface area contributed by atoms with E-state index in [1.165, 1.54) is 13.8 Å². The van der Waals surface area contributed by atoms with Gasteiger partial charge in [0.1, 0.15) is 0 Å². The predicted octanol–water partition coefficient (Wildman–Crippen LogP) is 4.48. The molecule has 0 unspecified atom stereocenters. The second-order valence-corrected chi connectivity index (χ2v) is 7.13. The molecule has 154 valence electrons. The molecule has 6 heteroatoms. The fourth-order valence-electron chi connectivity index (χ4n) is 3.28. The van der Waals surface area contributed by atoms with Crippen molar-refractivity contribution < 1.29 is 19.1 Å². The van der Waals surface area contributed by atoms with Crippen LogP contribution in [0.1, 0.15) is 46.0 Å². The summed E-state index contributed by atoms with van der Waals surface area (Å²) in [5.74, 6) is -1.13. The van der Waals surface area contributed by atoms with E-state index in [1.807, 2.05) is 48.7 Å². The molecule has 2 aromatic carbocycles. The first-order valence-electron chi connectivity index (χ1n) is 9.65. The molecular formula is C24H24N2O4. The first kappa shape index (κ1) is 21.0. The van der Waals surface area contributed by atoms with E-state index in [-0.39, 0.29) is 5.78 Å². The number of para-hydroxylation sites is 1. The SMILES string of the molecule is CC(=O)c1cccc(NC(=O)[C@H](C)OC(=O)c2cc(C)n(-c3ccccc3)c2C)c1. The molecule has 0 saturated heterocycles. The summed E-state index contributed by atoms with van der Waals surface area (Å²) in [5.41, 5.74) is 3.95. The van der Waals surface area contributed by atoms with Gasteiger partial charge in [0.05, 0.1) is 5.56 Å². The smallest absolute Gasteiger partial charge is 0.340 e. The molecule has 6 nitrogen and oxygen atoms in total. The number of ketones is 1. The van der Waals surface area contributed by atoms with Crippen LogP contribution in [0.15, 0.2) is 60.7 Å². The highest BCUT2D eigenvalue weighted by Gasteiger charge is 2.23. The quantitative estimate of drug-likeness (QED) is 0.485. The minimum Gasteiger partial charge on any atom is -0.449 e. The normalized spacial score (nSPS) is 11.6. The van der Waals surface area contributed by atoms with Crippen LogP contribution in [0.25, 0.3) is 5.69 Å². The van der Waals surface area contributed by atoms with E-state index < -0.39 is 18.0 Å². The van der Waals surface area contributed by atoms with E-state index >= 15 is 0 Å². The molecule has 3 aromatic rings. The van der Waals surface area contributed by atoms with Gasteiger partial charge in [0.25, 0.3) is 5.91 Å². The number of carbonyl (C=O) groups excluding carboxylic acids is 3. The third-order valence-electron chi connectivity index (χ3n) is 4.86. The Morgan fingerprint density at radius 2 is 1.67 bits per heavy atom. The second kappa shape index (κ2) is 8.78. The molecule has 0 saturated carbocycles. The van der Waals surface area contributed by atoms with Gasteiger partial charge in [-0.25, -0.2) is 4.79 Å². The van der Waals surface area contributed by atoms with Crippen molar-refractivity contribution in [1.82, 2.24) is 4.57 Å². The van der Waals surface area contributed by atoms with E-state index in [2.05, 4.69) is 5.32 Å². The summed E-state index contributed by atoms with van der Waals surface area (Å²) in [7, 11) is 0. The number of ether oxygens (including phenoxy) is 1. The average Bonchev–Trinajstić information content (AvgIpc) is 3.02. The monoisotopic (exact) mass is 404 g/mol. The number of aryl methyl sites for hydroxylation is 1. The lowest BCUT2D eigenvalue weighted by Crippen LogP contribution is -2.30. The Balaban J connectivity index is 1.72. The summed E-state index contributed by atoms with van der Waals surface area (Å²) < 4.78 is 7.37. The Morgan fingerprint density at radius 3 is 2.33 bits per heavy atom. The van der Waals surface area contributed by atoms with E-state index in [9.17, 15) is 14.4 Å². The number of amides is 1. The summed E-state index contributed by atoms with van der Waals surface area (Å²) in [6, 6.07) is 18.1. The average molecular weight is 404 g/mol. The first-order chi connectivity index (χ1) is 14.3. The highest BCUT2D eigenvalue weighted by Crippen LogP contribution is 2.22. The largest absolute Gasteiger partial charge is 0.449 e. The van der Waals surface area contributed by atoms with Crippen LogP contribution in [0.4, 0.5) is 5.69 Å². The minimum atomic E-state index is -1.00. The third-order valence-corrected chi connectivity index (χ3v) is 4.86. The van der Waals surface area contributed by atoms with Crippen molar-refractivity contribution in [2.24, 2.45) is 0 Å². The molecule has 0 aliphatic heterocycles. The standard InChI is InChI=1S/C24H24N2O4/c1-15-13-22(16(2)26(15)21-11-6-5-7-12-21)24(29)30-18(4)23(28)25-20-10-8-9-19(14-20)17(3)27/h5-14,18H,1-4H3,(H,25,28)/t18-/m0/s1. The van der Waals surface area contributed by atoms with Gasteiger partial charge in [-0.1, -0.05) is 30.3 Å². The molecule has 0 aliphatic carbocycles. The summed E-state index contributed by atoms with van der Waals surface area (Å²) >= 11 is 0. The topological polar surface area (TPSA) is 77.4 Å². The Kier molecular flexibility index (Phi) is 6.16. The van der Waals surface area contributed by atoms with E-state index in [0.29, 0.717) is 16.8 Å². The predicted molar refractivity (Wildman–Crippen MR) is 115 cm³/mol. The fourth-order valence-corrected chi connectivity index (χ4v) is 3.28. The molecule has 3 rings (SSSR count). The van der Waals surface area contributed by atoms with Gasteiger partial charge in [-0.15, -0.1) is 0 Å². The fraction of sp³-hybridized carbons (Fsp3) is 0.208. The van der Waals surface area contributed by atoms with Crippen molar-refractivity contribution in [3.05, 3.63) is 83.2 Å². The number of esters is 1. The molecule has 0 bridgehead atoms. The van der Waals surface area contributed by atoms with Crippen LogP contribution in [0.5, 0.6) is 0 Å². The molecule has 0 aliphatic rings. The third kappa shape index (κ3) is 4.49. The Bertz CT molecular complexity index is 1100. The molecule has 0 fully saturated rings. The molecule has 1 aromatic heterocycles. The number of hydrogen-bond donors (Lipinski definition) is 1. The van der Waals surface area contributed by atoms with Crippen molar-refractivity contribution in [2.75, 3.05) is 5.32 Å². The van der Waals surface area contributed by atoms with Crippen molar-refractivity contribution in [2.45, 2.75) is 33.8 Å². The zero-order chi connectivity index (χ0) is 21.8. The van der Waals surface area contributed by atoms with Crippen molar-refractivity contribution >= 4 is 23.3 Å². The van der Waals surface area contributed by atoms with Crippen molar-refractivity contribution in [1.29, 1.82) is 0 Å². The van der Waals surface area contributed by atoms with Gasteiger partial charge in [0.2, 0.25) is 0 Å². The van der Waals surface area contributed by atoms with Gasteiger partial charge >= 0.3 is 5.97 Å². The van der Waals surface area contributed by atoms with Crippen LogP contribution in [-0.2, 0) is 9.53 Å². The van der Waals surface area contributed by atoms with E-state index in [1.54, 1.807) is 30.3 Å². The summed E-state index contributed by atoms with van der Waals surface area (Å²) in [4.78, 5) is 36.7. The number of anilines is 1. The molecule has 0 spiro atoms. The summed E-state index contributed by atoms with van der Waals surface area (Å²) in [5, 5.41) is 2.68. The number of carbonyl (C=O) groups is 3. The van der Waals surface area contributed by atoms with Gasteiger partial charge in [0.15, 0.2) is 11.9 Å². The Morgan fingerprint density at radius 1 is 0.967 bits per heavy atom. The maximum atomic E-state index is 12.7. The highest BCUT2D eigenvalue weighted by atomic mass is 16.5. The number of benzene rings is 2. The van der Waals surface area contributed by atoms with Crippen LogP contribution in [0, 0.1) is 13.8 Å². The maximum Gasteiger partial charge on any atom is 0.340 e. The van der Waals surface area contributed by atoms with Crippen LogP contribution in [0.3, 0.4) is 0 Å². The number of nitrogens with one attached hydrogen (secondary N) is 1. The van der Waals surface area contributed by atoms with Gasteiger partial charge in [-0.2, -0.15) is 0 Å². The van der Waals surface area contributed by atoms with Gasteiger partial charge in [0, 0.05) is 28.3 Å². The Hall–Kier alpha value is -3.67. The summed E-state index contributed by atoms with van der Waals surface area (Å²) in [6.45, 7) is 6.72. The van der Waals surface area contributed by atoms with Crippen LogP contribution in [-0.4, -0.2) is 28.3 Å². The molecule has 1 atom stereocenters. The first-order valence-corrected chi connectivity index (χ1v) is 9.65. The lowest BCUT2D eigenvalue weighted by Gasteiger charge is -2.14. The van der Waals surface area contributed by atoms with Crippen molar-refractivity contribution in [3.63, 3.8) is 0 Å². The van der Waals surface area contributed by atoms with E-state index in [0.717, 1.165) is 17.1 Å². The van der Waals surface area contributed by atoms with Gasteiger partial charge in [-0.05, 0) is 58.0 Å². The molecule has 30 heavy (non-hydrogen) atoms. The second-order valence-electron chi connectivity index (χ2n) is 7.13. The molecule has 1 N–H and O–H groups in total. The van der Waals surface area contributed by atoms with E-state index in [4.69, 9.17) is 4.74 Å². The molecule has 1 heterocycles. The lowest BCUT2D eigenvalue weighted by molar-refractivity contribution is -0.123. The number of Topliss-reactive ketones (excluding diaryl/α,β-unsaturated/α-hetero) is 1. The zero-order valence-electron chi connectivity index (χ0n) is 17.4. The van der Waals surface area contributed by atoms with Crippen LogP contribution in [0.2, 0.25) is 0 Å². The van der Waals surface area contributed by atoms with Gasteiger partial charge in [-0.3, -0.25) is 9.59 Å².